The molecule has 0 aromatic heterocycles. The second kappa shape index (κ2) is 6.06. The lowest BCUT2D eigenvalue weighted by Gasteiger charge is -2.34. The Morgan fingerprint density at radius 1 is 1.48 bits per heavy atom. The third-order valence-corrected chi connectivity index (χ3v) is 4.39. The Balaban J connectivity index is 1.69. The molecule has 2 fully saturated rings. The lowest BCUT2D eigenvalue weighted by molar-refractivity contribution is 0.00864. The van der Waals surface area contributed by atoms with Gasteiger partial charge in [0, 0.05) is 24.6 Å². The van der Waals surface area contributed by atoms with Crippen molar-refractivity contribution in [3.63, 3.8) is 0 Å². The van der Waals surface area contributed by atoms with Gasteiger partial charge in [0.05, 0.1) is 18.8 Å². The van der Waals surface area contributed by atoms with Crippen LogP contribution in [0.25, 0.3) is 0 Å². The van der Waals surface area contributed by atoms with E-state index in [0.717, 1.165) is 31.7 Å². The summed E-state index contributed by atoms with van der Waals surface area (Å²) in [4.78, 5) is 14.6. The summed E-state index contributed by atoms with van der Waals surface area (Å²) in [5, 5.41) is 0. The van der Waals surface area contributed by atoms with E-state index in [4.69, 9.17) is 9.47 Å². The first-order valence-electron chi connectivity index (χ1n) is 7.85. The fourth-order valence-electron chi connectivity index (χ4n) is 3.45. The van der Waals surface area contributed by atoms with Crippen molar-refractivity contribution >= 4 is 5.91 Å². The highest BCUT2D eigenvalue weighted by molar-refractivity contribution is 5.94. The largest absolute Gasteiger partial charge is 0.494 e. The highest BCUT2D eigenvalue weighted by atomic mass is 16.5. The molecule has 3 rings (SSSR count). The molecular weight excluding hydrogens is 266 g/mol. The number of likely N-dealkylation sites (tertiary alicyclic amines) is 1. The number of amides is 1. The van der Waals surface area contributed by atoms with Crippen molar-refractivity contribution in [2.75, 3.05) is 19.7 Å². The number of carbonyl (C=O) groups excluding carboxylic acids is 1. The second-order valence-corrected chi connectivity index (χ2v) is 5.98. The third-order valence-electron chi connectivity index (χ3n) is 4.39. The van der Waals surface area contributed by atoms with Gasteiger partial charge in [0.1, 0.15) is 5.75 Å². The molecule has 4 heteroatoms. The van der Waals surface area contributed by atoms with Gasteiger partial charge in [-0.05, 0) is 44.9 Å². The minimum absolute atomic E-state index is 0.106. The predicted molar refractivity (Wildman–Crippen MR) is 80.6 cm³/mol. The molecule has 2 aliphatic heterocycles. The monoisotopic (exact) mass is 289 g/mol. The third kappa shape index (κ3) is 3.05. The Labute approximate surface area is 126 Å². The molecule has 114 valence electrons. The van der Waals surface area contributed by atoms with Gasteiger partial charge in [0.25, 0.3) is 5.91 Å². The van der Waals surface area contributed by atoms with Crippen LogP contribution in [0.15, 0.2) is 24.3 Å². The number of rotatable bonds is 3. The number of hydrogen-bond acceptors (Lipinski definition) is 3. The van der Waals surface area contributed by atoms with Crippen LogP contribution in [0.4, 0.5) is 0 Å². The van der Waals surface area contributed by atoms with Gasteiger partial charge in [-0.15, -0.1) is 0 Å². The molecule has 0 saturated carbocycles. The normalized spacial score (nSPS) is 28.3. The van der Waals surface area contributed by atoms with E-state index in [1.54, 1.807) is 0 Å². The Morgan fingerprint density at radius 3 is 3.14 bits per heavy atom. The first-order valence-corrected chi connectivity index (χ1v) is 7.85. The summed E-state index contributed by atoms with van der Waals surface area (Å²) in [5.74, 6) is 1.36. The molecule has 0 N–H and O–H groups in total. The molecule has 0 radical (unpaired) electrons. The van der Waals surface area contributed by atoms with Gasteiger partial charge in [-0.25, -0.2) is 0 Å². The Bertz CT molecular complexity index is 517. The summed E-state index contributed by atoms with van der Waals surface area (Å²) >= 11 is 0. The van der Waals surface area contributed by atoms with Crippen LogP contribution in [0.5, 0.6) is 5.75 Å². The molecular formula is C17H23NO3. The summed E-state index contributed by atoms with van der Waals surface area (Å²) in [6.07, 6.45) is 2.69. The van der Waals surface area contributed by atoms with E-state index >= 15 is 0 Å². The van der Waals surface area contributed by atoms with Gasteiger partial charge in [0.15, 0.2) is 0 Å². The van der Waals surface area contributed by atoms with E-state index < -0.39 is 0 Å². The standard InChI is InChI=1S/C17H23NO3/c1-3-20-15-6-4-5-13(10-15)17(19)18-8-7-16-14(11-18)9-12(2)21-16/h4-6,10,12,14,16H,3,7-9,11H2,1-2H3/t12-,14-,16-/m1/s1. The summed E-state index contributed by atoms with van der Waals surface area (Å²) in [5.41, 5.74) is 0.714. The van der Waals surface area contributed by atoms with Gasteiger partial charge in [0.2, 0.25) is 0 Å². The average molecular weight is 289 g/mol. The Kier molecular flexibility index (Phi) is 4.15. The fourth-order valence-corrected chi connectivity index (χ4v) is 3.45. The van der Waals surface area contributed by atoms with E-state index in [0.29, 0.717) is 30.3 Å². The maximum Gasteiger partial charge on any atom is 0.254 e. The van der Waals surface area contributed by atoms with Gasteiger partial charge in [-0.1, -0.05) is 6.07 Å². The number of piperidine rings is 1. The van der Waals surface area contributed by atoms with E-state index in [-0.39, 0.29) is 5.91 Å². The molecule has 1 aromatic rings. The quantitative estimate of drug-likeness (QED) is 0.859. The molecule has 0 bridgehead atoms. The van der Waals surface area contributed by atoms with Gasteiger partial charge in [-0.2, -0.15) is 0 Å². The molecule has 1 aromatic carbocycles. The van der Waals surface area contributed by atoms with Crippen molar-refractivity contribution in [3.05, 3.63) is 29.8 Å². The number of fused-ring (bicyclic) bond motifs is 1. The lowest BCUT2D eigenvalue weighted by Crippen LogP contribution is -2.44. The average Bonchev–Trinajstić information content (AvgIpc) is 2.86. The molecule has 0 spiro atoms. The fraction of sp³-hybridized carbons (Fsp3) is 0.588. The van der Waals surface area contributed by atoms with Crippen LogP contribution < -0.4 is 4.74 Å². The maximum absolute atomic E-state index is 12.7. The smallest absolute Gasteiger partial charge is 0.254 e. The number of ether oxygens (including phenoxy) is 2. The molecule has 21 heavy (non-hydrogen) atoms. The zero-order valence-electron chi connectivity index (χ0n) is 12.7. The summed E-state index contributed by atoms with van der Waals surface area (Å²) in [6.45, 7) is 6.27. The Morgan fingerprint density at radius 2 is 2.33 bits per heavy atom. The molecule has 3 atom stereocenters. The van der Waals surface area contributed by atoms with Crippen LogP contribution in [0.3, 0.4) is 0 Å². The number of nitrogens with zero attached hydrogens (tertiary/aromatic N) is 1. The van der Waals surface area contributed by atoms with E-state index in [9.17, 15) is 4.79 Å². The summed E-state index contributed by atoms with van der Waals surface area (Å²) in [6, 6.07) is 7.47. The second-order valence-electron chi connectivity index (χ2n) is 5.98. The van der Waals surface area contributed by atoms with Gasteiger partial charge < -0.3 is 14.4 Å². The van der Waals surface area contributed by atoms with Crippen LogP contribution in [-0.4, -0.2) is 42.7 Å². The number of hydrogen-bond donors (Lipinski definition) is 0. The van der Waals surface area contributed by atoms with Crippen LogP contribution in [0.1, 0.15) is 37.0 Å². The number of carbonyl (C=O) groups is 1. The van der Waals surface area contributed by atoms with Crippen molar-refractivity contribution in [3.8, 4) is 5.75 Å². The lowest BCUT2D eigenvalue weighted by atomic mass is 9.92. The zero-order chi connectivity index (χ0) is 14.8. The predicted octanol–water partition coefficient (Wildman–Crippen LogP) is 2.72. The van der Waals surface area contributed by atoms with Gasteiger partial charge in [-0.3, -0.25) is 4.79 Å². The molecule has 0 aliphatic carbocycles. The van der Waals surface area contributed by atoms with E-state index in [1.165, 1.54) is 0 Å². The SMILES string of the molecule is CCOc1cccc(C(=O)N2CC[C@H]3O[C@H](C)C[C@@H]3C2)c1. The molecule has 2 aliphatic rings. The van der Waals surface area contributed by atoms with Crippen LogP contribution in [0.2, 0.25) is 0 Å². The zero-order valence-corrected chi connectivity index (χ0v) is 12.7. The molecule has 2 saturated heterocycles. The van der Waals surface area contributed by atoms with E-state index in [2.05, 4.69) is 6.92 Å². The van der Waals surface area contributed by atoms with E-state index in [1.807, 2.05) is 36.1 Å². The summed E-state index contributed by atoms with van der Waals surface area (Å²) < 4.78 is 11.4. The van der Waals surface area contributed by atoms with Crippen LogP contribution in [-0.2, 0) is 4.74 Å². The number of benzene rings is 1. The van der Waals surface area contributed by atoms with Crippen LogP contribution in [0, 0.1) is 5.92 Å². The van der Waals surface area contributed by atoms with Crippen molar-refractivity contribution in [2.45, 2.75) is 38.9 Å². The topological polar surface area (TPSA) is 38.8 Å². The van der Waals surface area contributed by atoms with Gasteiger partial charge >= 0.3 is 0 Å². The molecule has 4 nitrogen and oxygen atoms in total. The van der Waals surface area contributed by atoms with Crippen molar-refractivity contribution < 1.29 is 14.3 Å². The van der Waals surface area contributed by atoms with Crippen molar-refractivity contribution in [1.29, 1.82) is 0 Å². The maximum atomic E-state index is 12.7. The highest BCUT2D eigenvalue weighted by Crippen LogP contribution is 2.33. The van der Waals surface area contributed by atoms with Crippen LogP contribution >= 0.6 is 0 Å². The highest BCUT2D eigenvalue weighted by Gasteiger charge is 2.38. The first-order chi connectivity index (χ1) is 10.2. The first kappa shape index (κ1) is 14.4. The minimum Gasteiger partial charge on any atom is -0.494 e. The van der Waals surface area contributed by atoms with Crippen molar-refractivity contribution in [2.24, 2.45) is 5.92 Å². The molecule has 1 amide bonds. The minimum atomic E-state index is 0.106. The molecule has 0 unspecified atom stereocenters. The molecule has 2 heterocycles. The van der Waals surface area contributed by atoms with Crippen molar-refractivity contribution in [1.82, 2.24) is 4.90 Å². The summed E-state index contributed by atoms with van der Waals surface area (Å²) in [7, 11) is 0. The Hall–Kier alpha value is -1.55.